The van der Waals surface area contributed by atoms with Gasteiger partial charge in [0.25, 0.3) is 0 Å². The Morgan fingerprint density at radius 2 is 1.84 bits per heavy atom. The van der Waals surface area contributed by atoms with E-state index in [0.29, 0.717) is 5.56 Å². The molecule has 1 N–H and O–H groups in total. The molecule has 0 fully saturated rings. The van der Waals surface area contributed by atoms with Gasteiger partial charge in [-0.2, -0.15) is 24.9 Å². The van der Waals surface area contributed by atoms with E-state index in [1.165, 1.54) is 0 Å². The Kier molecular flexibility index (Phi) is 6.72. The van der Waals surface area contributed by atoms with E-state index in [9.17, 15) is 13.2 Å². The number of benzene rings is 1. The van der Waals surface area contributed by atoms with Crippen molar-refractivity contribution < 1.29 is 13.2 Å². The van der Waals surface area contributed by atoms with Crippen LogP contribution in [-0.4, -0.2) is 24.2 Å². The molecule has 0 aliphatic heterocycles. The predicted octanol–water partition coefficient (Wildman–Crippen LogP) is 4.41. The van der Waals surface area contributed by atoms with Crippen LogP contribution in [0.25, 0.3) is 0 Å². The van der Waals surface area contributed by atoms with Gasteiger partial charge in [-0.05, 0) is 18.2 Å². The van der Waals surface area contributed by atoms with Crippen LogP contribution in [0, 0.1) is 0 Å². The lowest BCUT2D eigenvalue weighted by Crippen LogP contribution is -2.36. The summed E-state index contributed by atoms with van der Waals surface area (Å²) >= 11 is 1.65. The van der Waals surface area contributed by atoms with Gasteiger partial charge in [0.05, 0.1) is 6.42 Å². The molecule has 2 unspecified atom stereocenters. The predicted molar refractivity (Wildman–Crippen MR) is 75.5 cm³/mol. The Morgan fingerprint density at radius 3 is 2.32 bits per heavy atom. The van der Waals surface area contributed by atoms with Crippen molar-refractivity contribution in [3.63, 3.8) is 0 Å². The molecule has 5 heteroatoms. The van der Waals surface area contributed by atoms with Crippen LogP contribution in [0.4, 0.5) is 13.2 Å². The Bertz CT molecular complexity index is 353. The average Bonchev–Trinajstić information content (AvgIpc) is 2.36. The van der Waals surface area contributed by atoms with E-state index in [-0.39, 0.29) is 6.04 Å². The molecule has 1 aromatic carbocycles. The lowest BCUT2D eigenvalue weighted by Gasteiger charge is -2.26. The highest BCUT2D eigenvalue weighted by Crippen LogP contribution is 2.30. The maximum Gasteiger partial charge on any atom is 0.390 e. The van der Waals surface area contributed by atoms with Crippen LogP contribution in [0.2, 0.25) is 0 Å². The topological polar surface area (TPSA) is 12.0 Å². The average molecular weight is 291 g/mol. The maximum absolute atomic E-state index is 12.7. The minimum atomic E-state index is -4.16. The van der Waals surface area contributed by atoms with Crippen molar-refractivity contribution >= 4 is 11.8 Å². The van der Waals surface area contributed by atoms with Gasteiger partial charge in [0.1, 0.15) is 0 Å². The fourth-order valence-corrected chi connectivity index (χ4v) is 2.69. The Balaban J connectivity index is 2.80. The van der Waals surface area contributed by atoms with Gasteiger partial charge < -0.3 is 5.32 Å². The fraction of sp³-hybridized carbons (Fsp3) is 0.571. The second-order valence-corrected chi connectivity index (χ2v) is 5.42. The van der Waals surface area contributed by atoms with Gasteiger partial charge in [-0.15, -0.1) is 0 Å². The number of hydrogen-bond acceptors (Lipinski definition) is 2. The lowest BCUT2D eigenvalue weighted by molar-refractivity contribution is -0.140. The smallest absolute Gasteiger partial charge is 0.306 e. The molecule has 0 bridgehead atoms. The fourth-order valence-electron chi connectivity index (χ4n) is 1.96. The zero-order valence-corrected chi connectivity index (χ0v) is 12.0. The third-order valence-corrected chi connectivity index (χ3v) is 3.67. The van der Waals surface area contributed by atoms with Gasteiger partial charge in [0.2, 0.25) is 0 Å². The van der Waals surface area contributed by atoms with E-state index in [1.807, 2.05) is 19.2 Å². The van der Waals surface area contributed by atoms with E-state index in [0.717, 1.165) is 12.2 Å². The summed E-state index contributed by atoms with van der Waals surface area (Å²) in [6, 6.07) is 8.28. The van der Waals surface area contributed by atoms with E-state index >= 15 is 0 Å². The van der Waals surface area contributed by atoms with Gasteiger partial charge in [-0.1, -0.05) is 37.3 Å². The molecule has 0 aliphatic carbocycles. The molecule has 1 rings (SSSR count). The first-order valence-corrected chi connectivity index (χ1v) is 7.72. The van der Waals surface area contributed by atoms with Crippen molar-refractivity contribution in [2.45, 2.75) is 38.0 Å². The molecule has 0 saturated carbocycles. The van der Waals surface area contributed by atoms with Crippen molar-refractivity contribution in [1.29, 1.82) is 0 Å². The molecule has 0 amide bonds. The quantitative estimate of drug-likeness (QED) is 0.798. The Hall–Kier alpha value is -0.680. The van der Waals surface area contributed by atoms with E-state index < -0.39 is 18.6 Å². The normalized spacial score (nSPS) is 15.2. The van der Waals surface area contributed by atoms with Crippen molar-refractivity contribution in [2.24, 2.45) is 0 Å². The van der Waals surface area contributed by atoms with Gasteiger partial charge in [-0.3, -0.25) is 0 Å². The number of thioether (sulfide) groups is 1. The van der Waals surface area contributed by atoms with Crippen LogP contribution >= 0.6 is 11.8 Å². The second kappa shape index (κ2) is 7.80. The Labute approximate surface area is 117 Å². The first-order valence-electron chi connectivity index (χ1n) is 6.33. The van der Waals surface area contributed by atoms with E-state index in [4.69, 9.17) is 0 Å². The van der Waals surface area contributed by atoms with Crippen LogP contribution in [0.3, 0.4) is 0 Å². The van der Waals surface area contributed by atoms with Gasteiger partial charge >= 0.3 is 6.18 Å². The number of alkyl halides is 3. The molecule has 0 radical (unpaired) electrons. The number of rotatable bonds is 7. The highest BCUT2D eigenvalue weighted by molar-refractivity contribution is 7.98. The largest absolute Gasteiger partial charge is 0.390 e. The third kappa shape index (κ3) is 6.34. The summed E-state index contributed by atoms with van der Waals surface area (Å²) in [6.45, 7) is 1.99. The molecule has 0 saturated heterocycles. The van der Waals surface area contributed by atoms with E-state index in [2.05, 4.69) is 5.32 Å². The van der Waals surface area contributed by atoms with Gasteiger partial charge in [0.15, 0.2) is 0 Å². The van der Waals surface area contributed by atoms with Crippen LogP contribution < -0.4 is 5.32 Å². The summed E-state index contributed by atoms with van der Waals surface area (Å²) in [5, 5.41) is 3.14. The first-order chi connectivity index (χ1) is 8.96. The van der Waals surface area contributed by atoms with Crippen LogP contribution in [0.1, 0.15) is 31.4 Å². The maximum atomic E-state index is 12.7. The Morgan fingerprint density at radius 1 is 1.21 bits per heavy atom. The molecule has 1 nitrogen and oxygen atoms in total. The van der Waals surface area contributed by atoms with Crippen molar-refractivity contribution in [3.05, 3.63) is 35.9 Å². The zero-order chi connectivity index (χ0) is 14.3. The molecule has 0 heterocycles. The van der Waals surface area contributed by atoms with Crippen molar-refractivity contribution in [3.8, 4) is 0 Å². The second-order valence-electron chi connectivity index (χ2n) is 4.51. The minimum absolute atomic E-state index is 0.0996. The number of halogens is 3. The SMILES string of the molecule is CCC(CSC)NC(CC(F)(F)F)c1ccccc1. The summed E-state index contributed by atoms with van der Waals surface area (Å²) in [5.74, 6) is 0.817. The summed E-state index contributed by atoms with van der Waals surface area (Å²) in [5.41, 5.74) is 0.694. The monoisotopic (exact) mass is 291 g/mol. The molecule has 1 aromatic rings. The van der Waals surface area contributed by atoms with Crippen LogP contribution in [0.15, 0.2) is 30.3 Å². The van der Waals surface area contributed by atoms with Crippen LogP contribution in [0.5, 0.6) is 0 Å². The minimum Gasteiger partial charge on any atom is -0.306 e. The number of hydrogen-bond donors (Lipinski definition) is 1. The van der Waals surface area contributed by atoms with Crippen molar-refractivity contribution in [2.75, 3.05) is 12.0 Å². The molecule has 19 heavy (non-hydrogen) atoms. The van der Waals surface area contributed by atoms with Crippen LogP contribution in [-0.2, 0) is 0 Å². The van der Waals surface area contributed by atoms with Gasteiger partial charge in [0, 0.05) is 17.8 Å². The summed E-state index contributed by atoms with van der Waals surface area (Å²) < 4.78 is 38.1. The zero-order valence-electron chi connectivity index (χ0n) is 11.2. The number of nitrogens with one attached hydrogen (secondary N) is 1. The molecule has 2 atom stereocenters. The molecule has 0 spiro atoms. The highest BCUT2D eigenvalue weighted by atomic mass is 32.2. The molecular weight excluding hydrogens is 271 g/mol. The van der Waals surface area contributed by atoms with Gasteiger partial charge in [-0.25, -0.2) is 0 Å². The standard InChI is InChI=1S/C14H20F3NS/c1-3-12(10-19-2)18-13(9-14(15,16)17)11-7-5-4-6-8-11/h4-8,12-13,18H,3,9-10H2,1-2H3. The third-order valence-electron chi connectivity index (χ3n) is 2.94. The summed E-state index contributed by atoms with van der Waals surface area (Å²) in [6.07, 6.45) is -2.21. The molecule has 0 aliphatic rings. The molecule has 0 aromatic heterocycles. The summed E-state index contributed by atoms with van der Waals surface area (Å²) in [4.78, 5) is 0. The lowest BCUT2D eigenvalue weighted by atomic mass is 10.0. The molecule has 108 valence electrons. The van der Waals surface area contributed by atoms with E-state index in [1.54, 1.807) is 36.0 Å². The summed E-state index contributed by atoms with van der Waals surface area (Å²) in [7, 11) is 0. The highest BCUT2D eigenvalue weighted by Gasteiger charge is 2.33. The first kappa shape index (κ1) is 16.4. The molecular formula is C14H20F3NS. The van der Waals surface area contributed by atoms with Crippen molar-refractivity contribution in [1.82, 2.24) is 5.32 Å².